The Morgan fingerprint density at radius 2 is 1.67 bits per heavy atom. The minimum absolute atomic E-state index is 0.514. The Hall–Kier alpha value is -0.0800. The van der Waals surface area contributed by atoms with Crippen molar-refractivity contribution >= 4 is 0 Å². The second-order valence-corrected chi connectivity index (χ2v) is 6.97. The summed E-state index contributed by atoms with van der Waals surface area (Å²) in [6, 6.07) is 0. The summed E-state index contributed by atoms with van der Waals surface area (Å²) in [5.74, 6) is 0.795. The Morgan fingerprint density at radius 1 is 1.13 bits per heavy atom. The maximum atomic E-state index is 3.61. The van der Waals surface area contributed by atoms with Gasteiger partial charge in [-0.25, -0.2) is 0 Å². The molecule has 2 atom stereocenters. The smallest absolute Gasteiger partial charge is 0.00481 e. The Labute approximate surface area is 94.4 Å². The van der Waals surface area contributed by atoms with Crippen LogP contribution in [0.3, 0.4) is 0 Å². The van der Waals surface area contributed by atoms with E-state index in [4.69, 9.17) is 0 Å². The fraction of sp³-hybridized carbons (Fsp3) is 1.00. The van der Waals surface area contributed by atoms with Crippen LogP contribution in [0, 0.1) is 16.7 Å². The van der Waals surface area contributed by atoms with Crippen molar-refractivity contribution in [3.63, 3.8) is 0 Å². The van der Waals surface area contributed by atoms with Crippen molar-refractivity contribution in [1.29, 1.82) is 0 Å². The average molecular weight is 210 g/mol. The van der Waals surface area contributed by atoms with Crippen molar-refractivity contribution in [3.05, 3.63) is 0 Å². The summed E-state index contributed by atoms with van der Waals surface area (Å²) in [6.45, 7) is 15.8. The van der Waals surface area contributed by atoms with Crippen LogP contribution < -0.4 is 5.32 Å². The fourth-order valence-electron chi connectivity index (χ4n) is 3.83. The zero-order valence-corrected chi connectivity index (χ0v) is 10.8. The number of piperidine rings is 2. The third-order valence-corrected chi connectivity index (χ3v) is 3.79. The van der Waals surface area contributed by atoms with Crippen molar-refractivity contribution in [1.82, 2.24) is 10.2 Å². The highest BCUT2D eigenvalue weighted by Crippen LogP contribution is 2.42. The molecule has 2 bridgehead atoms. The second kappa shape index (κ2) is 3.74. The molecule has 2 heteroatoms. The average Bonchev–Trinajstić information content (AvgIpc) is 1.97. The molecule has 0 aromatic heterocycles. The molecule has 0 aromatic carbocycles. The maximum Gasteiger partial charge on any atom is 0.00481 e. The summed E-state index contributed by atoms with van der Waals surface area (Å²) in [5, 5.41) is 3.61. The van der Waals surface area contributed by atoms with Crippen LogP contribution >= 0.6 is 0 Å². The number of likely N-dealkylation sites (tertiary alicyclic amines) is 1. The molecule has 2 aliphatic heterocycles. The first-order valence-electron chi connectivity index (χ1n) is 6.34. The monoisotopic (exact) mass is 210 g/mol. The highest BCUT2D eigenvalue weighted by Gasteiger charge is 2.45. The van der Waals surface area contributed by atoms with Crippen LogP contribution in [0.15, 0.2) is 0 Å². The first-order chi connectivity index (χ1) is 6.91. The number of hydrogen-bond donors (Lipinski definition) is 1. The van der Waals surface area contributed by atoms with Crippen LogP contribution in [0.1, 0.15) is 34.1 Å². The lowest BCUT2D eigenvalue weighted by Crippen LogP contribution is -2.61. The van der Waals surface area contributed by atoms with E-state index in [9.17, 15) is 0 Å². The third kappa shape index (κ3) is 2.54. The number of hydrogen-bond acceptors (Lipinski definition) is 2. The van der Waals surface area contributed by atoms with Crippen LogP contribution in [0.5, 0.6) is 0 Å². The molecule has 2 fully saturated rings. The van der Waals surface area contributed by atoms with Crippen LogP contribution in [-0.4, -0.2) is 37.6 Å². The Bertz CT molecular complexity index is 221. The molecule has 0 radical (unpaired) electrons. The standard InChI is InChI=1S/C13H26N2/c1-11(2)5-15-9-12(3)6-13(4,10-15)8-14-7-12/h11,14H,5-10H2,1-4H3. The van der Waals surface area contributed by atoms with E-state index in [1.54, 1.807) is 0 Å². The lowest BCUT2D eigenvalue weighted by atomic mass is 9.66. The number of nitrogens with zero attached hydrogens (tertiary/aromatic N) is 1. The maximum absolute atomic E-state index is 3.61. The van der Waals surface area contributed by atoms with E-state index in [0.29, 0.717) is 10.8 Å². The van der Waals surface area contributed by atoms with Crippen LogP contribution in [-0.2, 0) is 0 Å². The molecule has 88 valence electrons. The lowest BCUT2D eigenvalue weighted by molar-refractivity contribution is -0.0241. The van der Waals surface area contributed by atoms with E-state index < -0.39 is 0 Å². The Balaban J connectivity index is 2.07. The van der Waals surface area contributed by atoms with E-state index >= 15 is 0 Å². The first-order valence-corrected chi connectivity index (χ1v) is 6.34. The quantitative estimate of drug-likeness (QED) is 0.749. The molecule has 0 saturated carbocycles. The molecule has 2 heterocycles. The van der Waals surface area contributed by atoms with Gasteiger partial charge in [0.1, 0.15) is 0 Å². The van der Waals surface area contributed by atoms with Gasteiger partial charge in [-0.1, -0.05) is 27.7 Å². The fourth-order valence-corrected chi connectivity index (χ4v) is 3.83. The molecule has 1 N–H and O–H groups in total. The van der Waals surface area contributed by atoms with Gasteiger partial charge in [0.15, 0.2) is 0 Å². The number of rotatable bonds is 2. The third-order valence-electron chi connectivity index (χ3n) is 3.79. The van der Waals surface area contributed by atoms with Gasteiger partial charge in [0.05, 0.1) is 0 Å². The van der Waals surface area contributed by atoms with Crippen LogP contribution in [0.2, 0.25) is 0 Å². The zero-order chi connectivity index (χ0) is 11.1. The molecule has 2 nitrogen and oxygen atoms in total. The Kier molecular flexibility index (Phi) is 2.85. The molecule has 2 rings (SSSR count). The van der Waals surface area contributed by atoms with Gasteiger partial charge in [0, 0.05) is 32.7 Å². The van der Waals surface area contributed by atoms with E-state index in [0.717, 1.165) is 5.92 Å². The van der Waals surface area contributed by atoms with Crippen LogP contribution in [0.4, 0.5) is 0 Å². The van der Waals surface area contributed by atoms with Crippen molar-refractivity contribution in [3.8, 4) is 0 Å². The summed E-state index contributed by atoms with van der Waals surface area (Å²) in [4.78, 5) is 2.69. The van der Waals surface area contributed by atoms with Gasteiger partial charge >= 0.3 is 0 Å². The Morgan fingerprint density at radius 3 is 2.13 bits per heavy atom. The first kappa shape index (κ1) is 11.4. The van der Waals surface area contributed by atoms with E-state index in [-0.39, 0.29) is 0 Å². The topological polar surface area (TPSA) is 15.3 Å². The second-order valence-electron chi connectivity index (χ2n) is 6.97. The normalized spacial score (nSPS) is 42.2. The van der Waals surface area contributed by atoms with Crippen molar-refractivity contribution in [2.24, 2.45) is 16.7 Å². The van der Waals surface area contributed by atoms with Crippen molar-refractivity contribution < 1.29 is 0 Å². The summed E-state index contributed by atoms with van der Waals surface area (Å²) < 4.78 is 0. The van der Waals surface area contributed by atoms with Gasteiger partial charge in [0.2, 0.25) is 0 Å². The summed E-state index contributed by atoms with van der Waals surface area (Å²) in [5.41, 5.74) is 1.03. The van der Waals surface area contributed by atoms with Crippen molar-refractivity contribution in [2.45, 2.75) is 34.1 Å². The summed E-state index contributed by atoms with van der Waals surface area (Å²) in [6.07, 6.45) is 1.40. The molecular weight excluding hydrogens is 184 g/mol. The summed E-state index contributed by atoms with van der Waals surface area (Å²) >= 11 is 0. The number of fused-ring (bicyclic) bond motifs is 2. The van der Waals surface area contributed by atoms with Crippen molar-refractivity contribution in [2.75, 3.05) is 32.7 Å². The van der Waals surface area contributed by atoms with E-state index in [1.165, 1.54) is 39.1 Å². The largest absolute Gasteiger partial charge is 0.316 e. The predicted molar refractivity (Wildman–Crippen MR) is 65.0 cm³/mol. The van der Waals surface area contributed by atoms with E-state index in [1.807, 2.05) is 0 Å². The minimum Gasteiger partial charge on any atom is -0.316 e. The highest BCUT2D eigenvalue weighted by atomic mass is 15.2. The highest BCUT2D eigenvalue weighted by molar-refractivity contribution is 5.00. The molecule has 0 spiro atoms. The van der Waals surface area contributed by atoms with Crippen LogP contribution in [0.25, 0.3) is 0 Å². The van der Waals surface area contributed by atoms with E-state index in [2.05, 4.69) is 37.9 Å². The zero-order valence-electron chi connectivity index (χ0n) is 10.8. The molecule has 0 aromatic rings. The molecule has 2 unspecified atom stereocenters. The molecule has 2 saturated heterocycles. The SMILES string of the molecule is CC(C)CN1CC2(C)CNCC(C)(C1)C2. The summed E-state index contributed by atoms with van der Waals surface area (Å²) in [7, 11) is 0. The molecule has 0 amide bonds. The molecule has 15 heavy (non-hydrogen) atoms. The van der Waals surface area contributed by atoms with Gasteiger partial charge < -0.3 is 10.2 Å². The number of nitrogens with one attached hydrogen (secondary N) is 1. The van der Waals surface area contributed by atoms with Gasteiger partial charge in [-0.2, -0.15) is 0 Å². The predicted octanol–water partition coefficient (Wildman–Crippen LogP) is 1.96. The minimum atomic E-state index is 0.514. The lowest BCUT2D eigenvalue weighted by Gasteiger charge is -2.54. The molecule has 2 aliphatic rings. The van der Waals surface area contributed by atoms with Gasteiger partial charge in [0.25, 0.3) is 0 Å². The van der Waals surface area contributed by atoms with Gasteiger partial charge in [-0.15, -0.1) is 0 Å². The van der Waals surface area contributed by atoms with Gasteiger partial charge in [-0.05, 0) is 23.2 Å². The molecule has 0 aliphatic carbocycles. The molecular formula is C13H26N2. The van der Waals surface area contributed by atoms with Gasteiger partial charge in [-0.3, -0.25) is 0 Å².